The van der Waals surface area contributed by atoms with E-state index in [2.05, 4.69) is 0 Å². The minimum Gasteiger partial charge on any atom is -0.507 e. The van der Waals surface area contributed by atoms with Gasteiger partial charge in [-0.15, -0.1) is 0 Å². The van der Waals surface area contributed by atoms with Crippen molar-refractivity contribution in [2.45, 2.75) is 12.8 Å². The SMILES string of the molecule is NCCc1ccc(O)c(C(F)F)c1. The predicted molar refractivity (Wildman–Crippen MR) is 45.8 cm³/mol. The zero-order valence-corrected chi connectivity index (χ0v) is 7.00. The smallest absolute Gasteiger partial charge is 0.267 e. The van der Waals surface area contributed by atoms with E-state index in [0.717, 1.165) is 5.56 Å². The quantitative estimate of drug-likeness (QED) is 0.758. The standard InChI is InChI=1S/C9H11F2NO/c10-9(11)7-5-6(3-4-12)1-2-8(7)13/h1-2,5,9,13H,3-4,12H2. The van der Waals surface area contributed by atoms with Gasteiger partial charge in [0.15, 0.2) is 0 Å². The summed E-state index contributed by atoms with van der Waals surface area (Å²) < 4.78 is 24.5. The van der Waals surface area contributed by atoms with Crippen molar-refractivity contribution >= 4 is 0 Å². The van der Waals surface area contributed by atoms with Crippen LogP contribution in [0.4, 0.5) is 8.78 Å². The molecule has 0 aliphatic carbocycles. The first-order valence-electron chi connectivity index (χ1n) is 3.95. The molecular weight excluding hydrogens is 176 g/mol. The Balaban J connectivity index is 2.97. The minimum absolute atomic E-state index is 0.328. The number of nitrogens with two attached hydrogens (primary N) is 1. The molecule has 1 rings (SSSR count). The average molecular weight is 187 g/mol. The van der Waals surface area contributed by atoms with Gasteiger partial charge in [-0.2, -0.15) is 0 Å². The molecule has 0 saturated heterocycles. The summed E-state index contributed by atoms with van der Waals surface area (Å²) in [6.07, 6.45) is -2.10. The highest BCUT2D eigenvalue weighted by atomic mass is 19.3. The second-order valence-corrected chi connectivity index (χ2v) is 2.73. The van der Waals surface area contributed by atoms with E-state index in [1.54, 1.807) is 6.07 Å². The maximum Gasteiger partial charge on any atom is 0.267 e. The van der Waals surface area contributed by atoms with Crippen molar-refractivity contribution in [3.8, 4) is 5.75 Å². The van der Waals surface area contributed by atoms with Crippen molar-refractivity contribution in [2.24, 2.45) is 5.73 Å². The summed E-state index contributed by atoms with van der Waals surface area (Å²) in [7, 11) is 0. The Morgan fingerprint density at radius 2 is 2.08 bits per heavy atom. The third kappa shape index (κ3) is 2.39. The Kier molecular flexibility index (Phi) is 3.19. The van der Waals surface area contributed by atoms with Crippen LogP contribution in [0.3, 0.4) is 0 Å². The van der Waals surface area contributed by atoms with Crippen molar-refractivity contribution < 1.29 is 13.9 Å². The van der Waals surface area contributed by atoms with Gasteiger partial charge in [-0.1, -0.05) is 6.07 Å². The van der Waals surface area contributed by atoms with Crippen LogP contribution in [-0.4, -0.2) is 11.7 Å². The van der Waals surface area contributed by atoms with E-state index < -0.39 is 6.43 Å². The second-order valence-electron chi connectivity index (χ2n) is 2.73. The van der Waals surface area contributed by atoms with Crippen molar-refractivity contribution in [3.05, 3.63) is 29.3 Å². The van der Waals surface area contributed by atoms with E-state index in [9.17, 15) is 8.78 Å². The van der Waals surface area contributed by atoms with Gasteiger partial charge < -0.3 is 10.8 Å². The molecule has 72 valence electrons. The van der Waals surface area contributed by atoms with Crippen LogP contribution in [0.15, 0.2) is 18.2 Å². The van der Waals surface area contributed by atoms with Gasteiger partial charge in [-0.25, -0.2) is 8.78 Å². The van der Waals surface area contributed by atoms with Gasteiger partial charge in [-0.05, 0) is 30.7 Å². The monoisotopic (exact) mass is 187 g/mol. The zero-order valence-electron chi connectivity index (χ0n) is 7.00. The Bertz CT molecular complexity index is 289. The van der Waals surface area contributed by atoms with Gasteiger partial charge >= 0.3 is 0 Å². The molecule has 1 aromatic carbocycles. The van der Waals surface area contributed by atoms with Crippen LogP contribution >= 0.6 is 0 Å². The molecule has 0 amide bonds. The normalized spacial score (nSPS) is 10.8. The molecule has 0 bridgehead atoms. The Labute approximate surface area is 75.0 Å². The summed E-state index contributed by atoms with van der Waals surface area (Å²) in [4.78, 5) is 0. The van der Waals surface area contributed by atoms with Crippen molar-refractivity contribution in [2.75, 3.05) is 6.54 Å². The van der Waals surface area contributed by atoms with Gasteiger partial charge in [0.05, 0.1) is 5.56 Å². The van der Waals surface area contributed by atoms with Crippen LogP contribution in [0, 0.1) is 0 Å². The van der Waals surface area contributed by atoms with Crippen molar-refractivity contribution in [3.63, 3.8) is 0 Å². The number of rotatable bonds is 3. The molecule has 2 nitrogen and oxygen atoms in total. The fourth-order valence-electron chi connectivity index (χ4n) is 1.10. The highest BCUT2D eigenvalue weighted by Crippen LogP contribution is 2.28. The van der Waals surface area contributed by atoms with Crippen LogP contribution in [0.25, 0.3) is 0 Å². The third-order valence-electron chi connectivity index (χ3n) is 1.76. The van der Waals surface area contributed by atoms with Gasteiger partial charge in [0, 0.05) is 0 Å². The van der Waals surface area contributed by atoms with E-state index in [-0.39, 0.29) is 11.3 Å². The molecule has 0 unspecified atom stereocenters. The summed E-state index contributed by atoms with van der Waals surface area (Å²) in [6, 6.07) is 4.15. The maximum atomic E-state index is 12.3. The molecule has 0 heterocycles. The van der Waals surface area contributed by atoms with E-state index in [4.69, 9.17) is 10.8 Å². The summed E-state index contributed by atoms with van der Waals surface area (Å²) in [5, 5.41) is 9.06. The summed E-state index contributed by atoms with van der Waals surface area (Å²) in [5.41, 5.74) is 5.67. The molecule has 3 N–H and O–H groups in total. The lowest BCUT2D eigenvalue weighted by molar-refractivity contribution is 0.147. The number of hydrogen-bond acceptors (Lipinski definition) is 2. The maximum absolute atomic E-state index is 12.3. The molecule has 0 radical (unpaired) electrons. The lowest BCUT2D eigenvalue weighted by Crippen LogP contribution is -2.03. The number of halogens is 2. The van der Waals surface area contributed by atoms with Crippen LogP contribution in [0.1, 0.15) is 17.6 Å². The van der Waals surface area contributed by atoms with Crippen LogP contribution in [0.2, 0.25) is 0 Å². The van der Waals surface area contributed by atoms with E-state index in [1.165, 1.54) is 12.1 Å². The topological polar surface area (TPSA) is 46.2 Å². The van der Waals surface area contributed by atoms with Crippen LogP contribution in [0.5, 0.6) is 5.75 Å². The van der Waals surface area contributed by atoms with Gasteiger partial charge in [-0.3, -0.25) is 0 Å². The predicted octanol–water partition coefficient (Wildman–Crippen LogP) is 1.83. The van der Waals surface area contributed by atoms with E-state index in [1.807, 2.05) is 0 Å². The number of aromatic hydroxyl groups is 1. The lowest BCUT2D eigenvalue weighted by atomic mass is 10.1. The summed E-state index contributed by atoms with van der Waals surface area (Å²) in [5.74, 6) is -0.365. The number of benzene rings is 1. The lowest BCUT2D eigenvalue weighted by Gasteiger charge is -2.05. The molecule has 0 saturated carbocycles. The van der Waals surface area contributed by atoms with Crippen LogP contribution in [-0.2, 0) is 6.42 Å². The van der Waals surface area contributed by atoms with Gasteiger partial charge in [0.1, 0.15) is 5.75 Å². The van der Waals surface area contributed by atoms with Gasteiger partial charge in [0.25, 0.3) is 6.43 Å². The molecule has 0 atom stereocenters. The minimum atomic E-state index is -2.64. The molecular formula is C9H11F2NO. The fraction of sp³-hybridized carbons (Fsp3) is 0.333. The Hall–Kier alpha value is -1.16. The average Bonchev–Trinajstić information content (AvgIpc) is 2.08. The van der Waals surface area contributed by atoms with Gasteiger partial charge in [0.2, 0.25) is 0 Å². The molecule has 0 aromatic heterocycles. The summed E-state index contributed by atoms with van der Waals surface area (Å²) in [6.45, 7) is 0.410. The highest BCUT2D eigenvalue weighted by molar-refractivity contribution is 5.37. The highest BCUT2D eigenvalue weighted by Gasteiger charge is 2.12. The number of phenolic OH excluding ortho intramolecular Hbond substituents is 1. The second kappa shape index (κ2) is 4.18. The first-order valence-corrected chi connectivity index (χ1v) is 3.95. The molecule has 4 heteroatoms. The Morgan fingerprint density at radius 1 is 1.38 bits per heavy atom. The van der Waals surface area contributed by atoms with Crippen molar-refractivity contribution in [1.29, 1.82) is 0 Å². The molecule has 0 aliphatic heterocycles. The van der Waals surface area contributed by atoms with Crippen LogP contribution < -0.4 is 5.73 Å². The zero-order chi connectivity index (χ0) is 9.84. The summed E-state index contributed by atoms with van der Waals surface area (Å²) >= 11 is 0. The van der Waals surface area contributed by atoms with Crippen molar-refractivity contribution in [1.82, 2.24) is 0 Å². The molecule has 0 spiro atoms. The van der Waals surface area contributed by atoms with E-state index in [0.29, 0.717) is 13.0 Å². The molecule has 0 aliphatic rings. The number of hydrogen-bond donors (Lipinski definition) is 2. The Morgan fingerprint density at radius 3 is 2.62 bits per heavy atom. The van der Waals surface area contributed by atoms with E-state index >= 15 is 0 Å². The molecule has 0 fully saturated rings. The first-order chi connectivity index (χ1) is 6.15. The third-order valence-corrected chi connectivity index (χ3v) is 1.76. The molecule has 1 aromatic rings. The number of phenols is 1. The fourth-order valence-corrected chi connectivity index (χ4v) is 1.10. The first kappa shape index (κ1) is 9.92. The number of alkyl halides is 2. The largest absolute Gasteiger partial charge is 0.507 e. The molecule has 13 heavy (non-hydrogen) atoms.